The molecule has 0 saturated heterocycles. The number of anilines is 1. The molecule has 2 aromatic carbocycles. The lowest BCUT2D eigenvalue weighted by molar-refractivity contribution is 0.0977. The van der Waals surface area contributed by atoms with Crippen LogP contribution in [0, 0.1) is 0 Å². The Bertz CT molecular complexity index is 637. The number of rotatable bonds is 4. The molecule has 0 saturated carbocycles. The average Bonchev–Trinajstić information content (AvgIpc) is 2.56. The third-order valence-corrected chi connectivity index (χ3v) is 2.94. The summed E-state index contributed by atoms with van der Waals surface area (Å²) in [6, 6.07) is 16.4. The van der Waals surface area contributed by atoms with Crippen LogP contribution in [0.4, 0.5) is 5.69 Å². The van der Waals surface area contributed by atoms with Crippen LogP contribution in [-0.2, 0) is 0 Å². The number of aliphatic imine (C=N–C) groups is 1. The van der Waals surface area contributed by atoms with Crippen LogP contribution < -0.4 is 15.4 Å². The molecule has 0 aliphatic carbocycles. The Morgan fingerprint density at radius 1 is 1.09 bits per heavy atom. The lowest BCUT2D eigenvalue weighted by atomic mass is 10.2. The van der Waals surface area contributed by atoms with Crippen LogP contribution in [0.5, 0.6) is 5.75 Å². The zero-order chi connectivity index (χ0) is 15.8. The Kier molecular flexibility index (Phi) is 5.54. The van der Waals surface area contributed by atoms with Gasteiger partial charge >= 0.3 is 0 Å². The van der Waals surface area contributed by atoms with E-state index in [2.05, 4.69) is 15.6 Å². The second-order valence-corrected chi connectivity index (χ2v) is 4.50. The number of nitrogens with one attached hydrogen (secondary N) is 2. The van der Waals surface area contributed by atoms with Crippen molar-refractivity contribution in [2.75, 3.05) is 19.0 Å². The van der Waals surface area contributed by atoms with Crippen molar-refractivity contribution < 1.29 is 9.53 Å². The molecule has 5 heteroatoms. The van der Waals surface area contributed by atoms with Crippen LogP contribution in [0.15, 0.2) is 59.6 Å². The molecule has 2 rings (SSSR count). The summed E-state index contributed by atoms with van der Waals surface area (Å²) in [7, 11) is 1.62. The summed E-state index contributed by atoms with van der Waals surface area (Å²) in [6.07, 6.45) is 0. The van der Waals surface area contributed by atoms with Gasteiger partial charge in [0.2, 0.25) is 5.96 Å². The van der Waals surface area contributed by atoms with Gasteiger partial charge in [0.25, 0.3) is 5.91 Å². The Morgan fingerprint density at radius 3 is 2.36 bits per heavy atom. The molecule has 22 heavy (non-hydrogen) atoms. The number of hydrogen-bond donors (Lipinski definition) is 2. The van der Waals surface area contributed by atoms with Crippen LogP contribution in [0.1, 0.15) is 17.3 Å². The molecule has 0 radical (unpaired) electrons. The summed E-state index contributed by atoms with van der Waals surface area (Å²) in [4.78, 5) is 16.4. The predicted octanol–water partition coefficient (Wildman–Crippen LogP) is 2.91. The van der Waals surface area contributed by atoms with Gasteiger partial charge in [0.1, 0.15) is 5.75 Å². The first-order valence-electron chi connectivity index (χ1n) is 7.05. The lowest BCUT2D eigenvalue weighted by Crippen LogP contribution is -2.36. The van der Waals surface area contributed by atoms with E-state index >= 15 is 0 Å². The van der Waals surface area contributed by atoms with Gasteiger partial charge in [-0.3, -0.25) is 15.1 Å². The molecule has 0 aliphatic rings. The van der Waals surface area contributed by atoms with E-state index in [1.54, 1.807) is 19.2 Å². The molecule has 0 atom stereocenters. The largest absolute Gasteiger partial charge is 0.497 e. The molecule has 0 fully saturated rings. The van der Waals surface area contributed by atoms with Crippen molar-refractivity contribution >= 4 is 17.6 Å². The second-order valence-electron chi connectivity index (χ2n) is 4.50. The number of carbonyl (C=O) groups excluding carboxylic acids is 1. The van der Waals surface area contributed by atoms with Crippen LogP contribution >= 0.6 is 0 Å². The highest BCUT2D eigenvalue weighted by Gasteiger charge is 2.08. The first kappa shape index (κ1) is 15.6. The Labute approximate surface area is 130 Å². The molecule has 5 nitrogen and oxygen atoms in total. The minimum absolute atomic E-state index is 0.200. The molecule has 0 aromatic heterocycles. The van der Waals surface area contributed by atoms with Crippen molar-refractivity contribution in [2.45, 2.75) is 6.92 Å². The number of carbonyl (C=O) groups is 1. The van der Waals surface area contributed by atoms with Crippen LogP contribution in [-0.4, -0.2) is 25.5 Å². The Balaban J connectivity index is 2.06. The van der Waals surface area contributed by atoms with Crippen molar-refractivity contribution in [3.8, 4) is 5.75 Å². The number of nitrogens with zero attached hydrogens (tertiary/aromatic N) is 1. The van der Waals surface area contributed by atoms with Gasteiger partial charge in [-0.15, -0.1) is 0 Å². The van der Waals surface area contributed by atoms with Gasteiger partial charge in [-0.2, -0.15) is 0 Å². The highest BCUT2D eigenvalue weighted by Crippen LogP contribution is 2.14. The summed E-state index contributed by atoms with van der Waals surface area (Å²) in [5.41, 5.74) is 1.41. The van der Waals surface area contributed by atoms with Gasteiger partial charge in [-0.05, 0) is 43.3 Å². The van der Waals surface area contributed by atoms with Crippen molar-refractivity contribution in [2.24, 2.45) is 4.99 Å². The SMILES string of the molecule is CCN=C(NC(=O)c1ccccc1)Nc1ccc(OC)cc1. The molecule has 2 aromatic rings. The van der Waals surface area contributed by atoms with E-state index in [1.165, 1.54) is 0 Å². The number of methoxy groups -OCH3 is 1. The Morgan fingerprint density at radius 2 is 1.77 bits per heavy atom. The van der Waals surface area contributed by atoms with Gasteiger partial charge in [-0.1, -0.05) is 18.2 Å². The van der Waals surface area contributed by atoms with Gasteiger partial charge in [-0.25, -0.2) is 0 Å². The minimum Gasteiger partial charge on any atom is -0.497 e. The average molecular weight is 297 g/mol. The number of benzene rings is 2. The topological polar surface area (TPSA) is 62.7 Å². The van der Waals surface area contributed by atoms with Gasteiger partial charge in [0.05, 0.1) is 7.11 Å². The van der Waals surface area contributed by atoms with E-state index in [9.17, 15) is 4.79 Å². The predicted molar refractivity (Wildman–Crippen MR) is 88.5 cm³/mol. The van der Waals surface area contributed by atoms with E-state index in [0.717, 1.165) is 11.4 Å². The maximum atomic E-state index is 12.2. The maximum Gasteiger partial charge on any atom is 0.257 e. The zero-order valence-electron chi connectivity index (χ0n) is 12.7. The normalized spacial score (nSPS) is 10.9. The van der Waals surface area contributed by atoms with Crippen LogP contribution in [0.3, 0.4) is 0 Å². The summed E-state index contributed by atoms with van der Waals surface area (Å²) >= 11 is 0. The molecule has 0 spiro atoms. The van der Waals surface area contributed by atoms with Crippen molar-refractivity contribution in [3.63, 3.8) is 0 Å². The van der Waals surface area contributed by atoms with Gasteiger partial charge in [0, 0.05) is 17.8 Å². The quantitative estimate of drug-likeness (QED) is 0.674. The summed E-state index contributed by atoms with van der Waals surface area (Å²) < 4.78 is 5.12. The number of amides is 1. The number of guanidine groups is 1. The highest BCUT2D eigenvalue weighted by atomic mass is 16.5. The second kappa shape index (κ2) is 7.83. The lowest BCUT2D eigenvalue weighted by Gasteiger charge is -2.12. The molecule has 0 unspecified atom stereocenters. The molecule has 1 amide bonds. The third kappa shape index (κ3) is 4.34. The van der Waals surface area contributed by atoms with E-state index in [0.29, 0.717) is 18.1 Å². The molecule has 0 aliphatic heterocycles. The first-order chi connectivity index (χ1) is 10.7. The summed E-state index contributed by atoms with van der Waals surface area (Å²) in [5, 5.41) is 5.87. The van der Waals surface area contributed by atoms with E-state index in [4.69, 9.17) is 4.74 Å². The summed E-state index contributed by atoms with van der Waals surface area (Å²) in [6.45, 7) is 2.47. The molecular weight excluding hydrogens is 278 g/mol. The van der Waals surface area contributed by atoms with Crippen LogP contribution in [0.25, 0.3) is 0 Å². The van der Waals surface area contributed by atoms with Crippen molar-refractivity contribution in [1.82, 2.24) is 5.32 Å². The van der Waals surface area contributed by atoms with Crippen molar-refractivity contribution in [1.29, 1.82) is 0 Å². The van der Waals surface area contributed by atoms with Crippen LogP contribution in [0.2, 0.25) is 0 Å². The molecule has 114 valence electrons. The van der Waals surface area contributed by atoms with E-state index in [-0.39, 0.29) is 5.91 Å². The van der Waals surface area contributed by atoms with Gasteiger partial charge < -0.3 is 10.1 Å². The smallest absolute Gasteiger partial charge is 0.257 e. The zero-order valence-corrected chi connectivity index (χ0v) is 12.7. The fourth-order valence-corrected chi connectivity index (χ4v) is 1.85. The van der Waals surface area contributed by atoms with E-state index in [1.807, 2.05) is 49.4 Å². The Hall–Kier alpha value is -2.82. The molecule has 2 N–H and O–H groups in total. The fraction of sp³-hybridized carbons (Fsp3) is 0.176. The maximum absolute atomic E-state index is 12.2. The first-order valence-corrected chi connectivity index (χ1v) is 7.05. The summed E-state index contributed by atoms with van der Waals surface area (Å²) in [5.74, 6) is 0.989. The molecular formula is C17H19N3O2. The van der Waals surface area contributed by atoms with Crippen molar-refractivity contribution in [3.05, 3.63) is 60.2 Å². The van der Waals surface area contributed by atoms with E-state index < -0.39 is 0 Å². The molecule has 0 bridgehead atoms. The minimum atomic E-state index is -0.200. The number of ether oxygens (including phenoxy) is 1. The standard InChI is InChI=1S/C17H19N3O2/c1-3-18-17(19-14-9-11-15(22-2)12-10-14)20-16(21)13-7-5-4-6-8-13/h4-12H,3H2,1-2H3,(H2,18,19,20,21). The van der Waals surface area contributed by atoms with Gasteiger partial charge in [0.15, 0.2) is 0 Å². The monoisotopic (exact) mass is 297 g/mol. The fourth-order valence-electron chi connectivity index (χ4n) is 1.85. The third-order valence-electron chi connectivity index (χ3n) is 2.94. The number of hydrogen-bond acceptors (Lipinski definition) is 3. The molecule has 0 heterocycles. The highest BCUT2D eigenvalue weighted by molar-refractivity contribution is 6.09.